The van der Waals surface area contributed by atoms with Crippen LogP contribution >= 0.6 is 0 Å². The molecule has 2 atom stereocenters. The predicted octanol–water partition coefficient (Wildman–Crippen LogP) is 4.68. The number of hydrogen-bond acceptors (Lipinski definition) is 8. The molecule has 238 valence electrons. The Morgan fingerprint density at radius 1 is 1.07 bits per heavy atom. The molecule has 7 rings (SSSR count). The van der Waals surface area contributed by atoms with Crippen molar-refractivity contribution in [2.75, 3.05) is 27.3 Å². The summed E-state index contributed by atoms with van der Waals surface area (Å²) in [6, 6.07) is 13.7. The summed E-state index contributed by atoms with van der Waals surface area (Å²) in [6.07, 6.45) is 1.33. The number of carbonyl (C=O) groups excluding carboxylic acids is 2. The Morgan fingerprint density at radius 2 is 1.87 bits per heavy atom. The number of nitrogens with zero attached hydrogens (tertiary/aromatic N) is 5. The van der Waals surface area contributed by atoms with Crippen LogP contribution in [-0.4, -0.2) is 80.5 Å². The topological polar surface area (TPSA) is 138 Å². The van der Waals surface area contributed by atoms with Crippen molar-refractivity contribution in [1.29, 1.82) is 0 Å². The molecule has 2 aromatic carbocycles. The van der Waals surface area contributed by atoms with Crippen molar-refractivity contribution in [3.8, 4) is 34.3 Å². The molecular formula is C34H35FN6O5. The molecule has 1 aliphatic carbocycles. The number of aryl methyl sites for hydroxylation is 1. The van der Waals surface area contributed by atoms with E-state index < -0.39 is 18.2 Å². The quantitative estimate of drug-likeness (QED) is 0.249. The molecular weight excluding hydrogens is 591 g/mol. The molecule has 2 aliphatic rings. The van der Waals surface area contributed by atoms with Crippen molar-refractivity contribution in [3.05, 3.63) is 59.7 Å². The van der Waals surface area contributed by atoms with Crippen molar-refractivity contribution < 1.29 is 28.6 Å². The molecule has 1 aliphatic heterocycles. The number of phenolic OH excluding ortho intramolecular Hbond substituents is 1. The lowest BCUT2D eigenvalue weighted by atomic mass is 10.0. The van der Waals surface area contributed by atoms with E-state index in [0.717, 1.165) is 41.6 Å². The monoisotopic (exact) mass is 626 g/mol. The lowest BCUT2D eigenvalue weighted by molar-refractivity contribution is 0.0594. The highest BCUT2D eigenvalue weighted by atomic mass is 19.1. The second-order valence-corrected chi connectivity index (χ2v) is 12.3. The molecule has 0 spiro atoms. The minimum Gasteiger partial charge on any atom is -0.507 e. The van der Waals surface area contributed by atoms with E-state index in [1.807, 2.05) is 23.7 Å². The van der Waals surface area contributed by atoms with Crippen LogP contribution in [0, 0.1) is 5.92 Å². The highest BCUT2D eigenvalue weighted by Gasteiger charge is 2.31. The Kier molecular flexibility index (Phi) is 7.39. The summed E-state index contributed by atoms with van der Waals surface area (Å²) in [7, 11) is 4.73. The number of fused-ring (bicyclic) bond motifs is 2. The predicted molar refractivity (Wildman–Crippen MR) is 171 cm³/mol. The summed E-state index contributed by atoms with van der Waals surface area (Å²) in [4.78, 5) is 37.2. The Hall–Kier alpha value is -4.97. The molecule has 2 fully saturated rings. The van der Waals surface area contributed by atoms with Crippen LogP contribution < -0.4 is 10.5 Å². The minimum atomic E-state index is -1.16. The van der Waals surface area contributed by atoms with Crippen LogP contribution in [0.1, 0.15) is 40.0 Å². The number of ether oxygens (including phenoxy) is 2. The van der Waals surface area contributed by atoms with Crippen LogP contribution in [0.3, 0.4) is 0 Å². The van der Waals surface area contributed by atoms with Gasteiger partial charge in [-0.05, 0) is 73.7 Å². The maximum absolute atomic E-state index is 14.3. The van der Waals surface area contributed by atoms with E-state index in [9.17, 15) is 19.1 Å². The molecule has 0 unspecified atom stereocenters. The molecule has 1 amide bonds. The summed E-state index contributed by atoms with van der Waals surface area (Å²) in [5.74, 6) is 0.577. The van der Waals surface area contributed by atoms with Crippen molar-refractivity contribution in [2.45, 2.75) is 38.0 Å². The van der Waals surface area contributed by atoms with Gasteiger partial charge in [0, 0.05) is 42.7 Å². The number of pyridine rings is 1. The van der Waals surface area contributed by atoms with Crippen molar-refractivity contribution in [3.63, 3.8) is 0 Å². The summed E-state index contributed by atoms with van der Waals surface area (Å²) >= 11 is 0. The van der Waals surface area contributed by atoms with Crippen molar-refractivity contribution >= 4 is 33.9 Å². The van der Waals surface area contributed by atoms with Gasteiger partial charge in [-0.2, -0.15) is 0 Å². The number of aromatic hydroxyl groups is 1. The molecule has 11 nitrogen and oxygen atoms in total. The number of likely N-dealkylation sites (tertiary alicyclic amines) is 1. The average molecular weight is 627 g/mol. The summed E-state index contributed by atoms with van der Waals surface area (Å²) in [6.45, 7) is 1.05. The zero-order valence-electron chi connectivity index (χ0n) is 25.9. The number of aromatic nitrogens is 4. The number of imidazole rings is 1. The number of alkyl halides is 1. The highest BCUT2D eigenvalue weighted by Crippen LogP contribution is 2.38. The Balaban J connectivity index is 1.33. The second kappa shape index (κ2) is 11.4. The third kappa shape index (κ3) is 5.22. The number of methoxy groups -OCH3 is 2. The summed E-state index contributed by atoms with van der Waals surface area (Å²) in [5.41, 5.74) is 10.7. The fourth-order valence-corrected chi connectivity index (χ4v) is 6.43. The van der Waals surface area contributed by atoms with Crippen LogP contribution in [0.2, 0.25) is 0 Å². The van der Waals surface area contributed by atoms with Crippen LogP contribution in [0.5, 0.6) is 11.5 Å². The first-order valence-electron chi connectivity index (χ1n) is 15.3. The van der Waals surface area contributed by atoms with Gasteiger partial charge < -0.3 is 34.3 Å². The first-order chi connectivity index (χ1) is 22.1. The molecule has 3 aromatic heterocycles. The van der Waals surface area contributed by atoms with Gasteiger partial charge in [0.05, 0.1) is 37.7 Å². The van der Waals surface area contributed by atoms with E-state index >= 15 is 0 Å². The Morgan fingerprint density at radius 3 is 2.59 bits per heavy atom. The van der Waals surface area contributed by atoms with Gasteiger partial charge in [0.25, 0.3) is 5.91 Å². The van der Waals surface area contributed by atoms with Crippen LogP contribution in [0.4, 0.5) is 4.39 Å². The third-order valence-corrected chi connectivity index (χ3v) is 8.93. The van der Waals surface area contributed by atoms with E-state index in [2.05, 4.69) is 10.6 Å². The summed E-state index contributed by atoms with van der Waals surface area (Å²) < 4.78 is 29.0. The highest BCUT2D eigenvalue weighted by molar-refractivity contribution is 6.00. The lowest BCUT2D eigenvalue weighted by Crippen LogP contribution is -2.50. The van der Waals surface area contributed by atoms with E-state index in [4.69, 9.17) is 25.2 Å². The van der Waals surface area contributed by atoms with Gasteiger partial charge in [-0.3, -0.25) is 4.79 Å². The van der Waals surface area contributed by atoms with Gasteiger partial charge in [0.2, 0.25) is 0 Å². The first-order valence-corrected chi connectivity index (χ1v) is 15.3. The largest absolute Gasteiger partial charge is 0.507 e. The van der Waals surface area contributed by atoms with Gasteiger partial charge >= 0.3 is 5.97 Å². The second-order valence-electron chi connectivity index (χ2n) is 12.3. The average Bonchev–Trinajstić information content (AvgIpc) is 3.72. The standard InChI is InChI=1S/C34H35FN6O5/c1-39-30-26(11-21(13-29(30)45-2)33(43)40-16-22(35)14-23(36)17-40)38-32(39)27-12-20-6-8-25(37-31(20)41(27)15-18-4-5-18)19-7-9-28(42)24(10-19)34(44)46-3/h6-13,18,22-23,42H,4-5,14-17,36H2,1-3H3/t22-,23-/m1/s1. The van der Waals surface area contributed by atoms with Gasteiger partial charge in [0.15, 0.2) is 5.82 Å². The molecule has 0 bridgehead atoms. The van der Waals surface area contributed by atoms with E-state index in [0.29, 0.717) is 39.8 Å². The number of halogens is 1. The number of esters is 1. The number of piperidine rings is 1. The number of amides is 1. The SMILES string of the molecule is COC(=O)c1cc(-c2ccc3cc(-c4nc5cc(C(=O)N6C[C@H](N)C[C@@H](F)C6)cc(OC)c5n4C)n(CC4CC4)c3n2)ccc1O. The molecule has 1 saturated carbocycles. The molecule has 5 aromatic rings. The smallest absolute Gasteiger partial charge is 0.341 e. The van der Waals surface area contributed by atoms with Gasteiger partial charge in [-0.15, -0.1) is 0 Å². The number of benzene rings is 2. The number of hydrogen-bond donors (Lipinski definition) is 2. The van der Waals surface area contributed by atoms with E-state index in [1.165, 1.54) is 18.1 Å². The molecule has 1 saturated heterocycles. The molecule has 3 N–H and O–H groups in total. The van der Waals surface area contributed by atoms with Crippen LogP contribution in [-0.2, 0) is 18.3 Å². The van der Waals surface area contributed by atoms with Crippen molar-refractivity contribution in [2.24, 2.45) is 18.7 Å². The molecule has 4 heterocycles. The number of nitrogens with two attached hydrogens (primary N) is 1. The van der Waals surface area contributed by atoms with Crippen molar-refractivity contribution in [1.82, 2.24) is 24.0 Å². The normalized spacial score (nSPS) is 18.3. The zero-order chi connectivity index (χ0) is 32.3. The maximum Gasteiger partial charge on any atom is 0.341 e. The van der Waals surface area contributed by atoms with Gasteiger partial charge in [0.1, 0.15) is 34.4 Å². The van der Waals surface area contributed by atoms with Crippen LogP contribution in [0.15, 0.2) is 48.5 Å². The number of carbonyl (C=O) groups is 2. The third-order valence-electron chi connectivity index (χ3n) is 8.93. The van der Waals surface area contributed by atoms with Crippen LogP contribution in [0.25, 0.3) is 44.8 Å². The lowest BCUT2D eigenvalue weighted by Gasteiger charge is -2.33. The molecule has 0 radical (unpaired) electrons. The van der Waals surface area contributed by atoms with E-state index in [1.54, 1.807) is 31.4 Å². The molecule has 12 heteroatoms. The minimum absolute atomic E-state index is 0.00472. The number of phenols is 1. The fourth-order valence-electron chi connectivity index (χ4n) is 6.43. The maximum atomic E-state index is 14.3. The Labute approximate surface area is 264 Å². The molecule has 46 heavy (non-hydrogen) atoms. The van der Waals surface area contributed by atoms with E-state index in [-0.39, 0.29) is 36.7 Å². The fraction of sp³-hybridized carbons (Fsp3) is 0.353. The number of rotatable bonds is 7. The summed E-state index contributed by atoms with van der Waals surface area (Å²) in [5, 5.41) is 11.1. The first kappa shape index (κ1) is 29.7. The Bertz CT molecular complexity index is 2000. The van der Waals surface area contributed by atoms with Gasteiger partial charge in [-0.1, -0.05) is 0 Å². The van der Waals surface area contributed by atoms with Gasteiger partial charge in [-0.25, -0.2) is 19.2 Å². The zero-order valence-corrected chi connectivity index (χ0v) is 25.9.